The molecule has 0 atom stereocenters. The lowest BCUT2D eigenvalue weighted by atomic mass is 10.2. The minimum Gasteiger partial charge on any atom is -0.495 e. The van der Waals surface area contributed by atoms with Gasteiger partial charge in [0.2, 0.25) is 5.95 Å². The molecule has 1 N–H and O–H groups in total. The summed E-state index contributed by atoms with van der Waals surface area (Å²) >= 11 is 6.12. The number of nitrogens with zero attached hydrogens (tertiary/aromatic N) is 4. The van der Waals surface area contributed by atoms with Crippen LogP contribution in [0.5, 0.6) is 5.75 Å². The number of ether oxygens (including phenoxy) is 1. The number of aromatic nitrogens is 2. The normalized spacial score (nSPS) is 14.1. The third-order valence-electron chi connectivity index (χ3n) is 4.75. The van der Waals surface area contributed by atoms with Crippen molar-refractivity contribution in [2.45, 2.75) is 0 Å². The highest BCUT2D eigenvalue weighted by Crippen LogP contribution is 2.27. The van der Waals surface area contributed by atoms with Gasteiger partial charge in [-0.05, 0) is 36.4 Å². The van der Waals surface area contributed by atoms with Crippen molar-refractivity contribution in [3.63, 3.8) is 0 Å². The lowest BCUT2D eigenvalue weighted by Crippen LogP contribution is -2.47. The van der Waals surface area contributed by atoms with Gasteiger partial charge in [-0.1, -0.05) is 29.8 Å². The van der Waals surface area contributed by atoms with Gasteiger partial charge in [0.1, 0.15) is 11.6 Å². The first kappa shape index (κ1) is 18.4. The van der Waals surface area contributed by atoms with Gasteiger partial charge in [-0.2, -0.15) is 4.98 Å². The Hall–Kier alpha value is -2.99. The molecule has 0 spiro atoms. The number of hydrogen-bond donors (Lipinski definition) is 1. The van der Waals surface area contributed by atoms with E-state index in [1.54, 1.807) is 13.3 Å². The molecular weight excluding hydrogens is 374 g/mol. The molecule has 7 heteroatoms. The van der Waals surface area contributed by atoms with Crippen LogP contribution in [0, 0.1) is 0 Å². The van der Waals surface area contributed by atoms with Gasteiger partial charge in [0.25, 0.3) is 0 Å². The van der Waals surface area contributed by atoms with Gasteiger partial charge in [0.05, 0.1) is 12.8 Å². The number of para-hydroxylation sites is 2. The van der Waals surface area contributed by atoms with Crippen LogP contribution >= 0.6 is 11.6 Å². The van der Waals surface area contributed by atoms with E-state index >= 15 is 0 Å². The van der Waals surface area contributed by atoms with Crippen LogP contribution in [-0.4, -0.2) is 43.3 Å². The number of benzene rings is 2. The van der Waals surface area contributed by atoms with E-state index in [0.29, 0.717) is 0 Å². The van der Waals surface area contributed by atoms with E-state index in [9.17, 15) is 0 Å². The minimum absolute atomic E-state index is 0.727. The van der Waals surface area contributed by atoms with E-state index in [1.807, 2.05) is 48.5 Å². The molecule has 144 valence electrons. The number of hydrogen-bond acceptors (Lipinski definition) is 6. The van der Waals surface area contributed by atoms with Crippen LogP contribution in [0.25, 0.3) is 0 Å². The van der Waals surface area contributed by atoms with Crippen LogP contribution in [0.2, 0.25) is 5.02 Å². The Morgan fingerprint density at radius 2 is 1.75 bits per heavy atom. The van der Waals surface area contributed by atoms with Crippen LogP contribution in [0.15, 0.2) is 60.8 Å². The number of rotatable bonds is 5. The SMILES string of the molecule is COc1ccccc1Nc1ccnc(N2CCN(c3cccc(Cl)c3)CC2)n1. The molecular formula is C21H22ClN5O. The highest BCUT2D eigenvalue weighted by molar-refractivity contribution is 6.30. The van der Waals surface area contributed by atoms with Crippen molar-refractivity contribution in [1.29, 1.82) is 0 Å². The summed E-state index contributed by atoms with van der Waals surface area (Å²) < 4.78 is 5.40. The number of halogens is 1. The molecule has 0 radical (unpaired) electrons. The third kappa shape index (κ3) is 4.12. The number of methoxy groups -OCH3 is 1. The van der Waals surface area contributed by atoms with Crippen LogP contribution < -0.4 is 19.9 Å². The van der Waals surface area contributed by atoms with Gasteiger partial charge in [0, 0.05) is 43.1 Å². The van der Waals surface area contributed by atoms with Crippen LogP contribution in [0.3, 0.4) is 0 Å². The lowest BCUT2D eigenvalue weighted by molar-refractivity contribution is 0.417. The second kappa shape index (κ2) is 8.35. The monoisotopic (exact) mass is 395 g/mol. The van der Waals surface area contributed by atoms with Gasteiger partial charge in [-0.3, -0.25) is 0 Å². The fourth-order valence-corrected chi connectivity index (χ4v) is 3.48. The molecule has 6 nitrogen and oxygen atoms in total. The Labute approximate surface area is 169 Å². The van der Waals surface area contributed by atoms with E-state index in [0.717, 1.165) is 60.1 Å². The lowest BCUT2D eigenvalue weighted by Gasteiger charge is -2.36. The van der Waals surface area contributed by atoms with Gasteiger partial charge in [0.15, 0.2) is 0 Å². The molecule has 2 heterocycles. The number of nitrogens with one attached hydrogen (secondary N) is 1. The second-order valence-electron chi connectivity index (χ2n) is 6.52. The minimum atomic E-state index is 0.727. The van der Waals surface area contributed by atoms with E-state index in [1.165, 1.54) is 0 Å². The molecule has 3 aromatic rings. The molecule has 0 amide bonds. The molecule has 28 heavy (non-hydrogen) atoms. The molecule has 0 unspecified atom stereocenters. The number of piperazine rings is 1. The van der Waals surface area contributed by atoms with Crippen LogP contribution in [0.1, 0.15) is 0 Å². The van der Waals surface area contributed by atoms with Crippen molar-refractivity contribution in [2.24, 2.45) is 0 Å². The smallest absolute Gasteiger partial charge is 0.227 e. The number of anilines is 4. The molecule has 0 saturated carbocycles. The second-order valence-corrected chi connectivity index (χ2v) is 6.96. The molecule has 4 rings (SSSR count). The van der Waals surface area contributed by atoms with E-state index < -0.39 is 0 Å². The quantitative estimate of drug-likeness (QED) is 0.698. The summed E-state index contributed by atoms with van der Waals surface area (Å²) in [5, 5.41) is 4.08. The Kier molecular flexibility index (Phi) is 5.48. The molecule has 2 aromatic carbocycles. The maximum absolute atomic E-state index is 6.12. The fourth-order valence-electron chi connectivity index (χ4n) is 3.29. The van der Waals surface area contributed by atoms with Crippen molar-refractivity contribution >= 4 is 34.7 Å². The maximum Gasteiger partial charge on any atom is 0.227 e. The van der Waals surface area contributed by atoms with Crippen molar-refractivity contribution in [1.82, 2.24) is 9.97 Å². The highest BCUT2D eigenvalue weighted by atomic mass is 35.5. The summed E-state index contributed by atoms with van der Waals surface area (Å²) in [7, 11) is 1.66. The molecule has 1 aliphatic heterocycles. The average molecular weight is 396 g/mol. The average Bonchev–Trinajstić information content (AvgIpc) is 2.74. The van der Waals surface area contributed by atoms with Crippen molar-refractivity contribution in [3.05, 3.63) is 65.8 Å². The highest BCUT2D eigenvalue weighted by Gasteiger charge is 2.19. The molecule has 1 saturated heterocycles. The zero-order chi connectivity index (χ0) is 19.3. The Balaban J connectivity index is 1.44. The van der Waals surface area contributed by atoms with Crippen molar-refractivity contribution in [3.8, 4) is 5.75 Å². The zero-order valence-electron chi connectivity index (χ0n) is 15.7. The molecule has 1 fully saturated rings. The molecule has 1 aliphatic rings. The standard InChI is InChI=1S/C21H22ClN5O/c1-28-19-8-3-2-7-18(19)24-20-9-10-23-21(25-20)27-13-11-26(12-14-27)17-6-4-5-16(22)15-17/h2-10,15H,11-14H2,1H3,(H,23,24,25). The summed E-state index contributed by atoms with van der Waals surface area (Å²) in [6, 6.07) is 17.6. The van der Waals surface area contributed by atoms with E-state index in [2.05, 4.69) is 31.2 Å². The fraction of sp³-hybridized carbons (Fsp3) is 0.238. The van der Waals surface area contributed by atoms with Crippen molar-refractivity contribution in [2.75, 3.05) is 48.4 Å². The van der Waals surface area contributed by atoms with Gasteiger partial charge in [-0.25, -0.2) is 4.98 Å². The first-order valence-electron chi connectivity index (χ1n) is 9.21. The summed E-state index contributed by atoms with van der Waals surface area (Å²) in [5.74, 6) is 2.25. The Morgan fingerprint density at radius 3 is 2.54 bits per heavy atom. The zero-order valence-corrected chi connectivity index (χ0v) is 16.4. The summed E-state index contributed by atoms with van der Waals surface area (Å²) in [5.41, 5.74) is 2.03. The van der Waals surface area contributed by atoms with Crippen LogP contribution in [0.4, 0.5) is 23.1 Å². The third-order valence-corrected chi connectivity index (χ3v) is 4.98. The molecule has 1 aromatic heterocycles. The van der Waals surface area contributed by atoms with Gasteiger partial charge >= 0.3 is 0 Å². The molecule has 0 aliphatic carbocycles. The van der Waals surface area contributed by atoms with Gasteiger partial charge < -0.3 is 19.9 Å². The Morgan fingerprint density at radius 1 is 0.964 bits per heavy atom. The maximum atomic E-state index is 6.12. The summed E-state index contributed by atoms with van der Waals surface area (Å²) in [6.07, 6.45) is 1.78. The summed E-state index contributed by atoms with van der Waals surface area (Å²) in [4.78, 5) is 13.7. The summed E-state index contributed by atoms with van der Waals surface area (Å²) in [6.45, 7) is 3.50. The van der Waals surface area contributed by atoms with E-state index in [4.69, 9.17) is 16.3 Å². The first-order chi connectivity index (χ1) is 13.7. The molecule has 0 bridgehead atoms. The topological polar surface area (TPSA) is 53.5 Å². The van der Waals surface area contributed by atoms with Crippen LogP contribution in [-0.2, 0) is 0 Å². The largest absolute Gasteiger partial charge is 0.495 e. The van der Waals surface area contributed by atoms with Crippen molar-refractivity contribution < 1.29 is 4.74 Å². The first-order valence-corrected chi connectivity index (χ1v) is 9.59. The van der Waals surface area contributed by atoms with E-state index in [-0.39, 0.29) is 0 Å². The van der Waals surface area contributed by atoms with Gasteiger partial charge in [-0.15, -0.1) is 0 Å². The Bertz CT molecular complexity index is 943. The predicted molar refractivity (Wildman–Crippen MR) is 114 cm³/mol. The predicted octanol–water partition coefficient (Wildman–Crippen LogP) is 4.21.